The number of nitriles is 1. The Bertz CT molecular complexity index is 219. The van der Waals surface area contributed by atoms with Gasteiger partial charge in [-0.3, -0.25) is 0 Å². The van der Waals surface area contributed by atoms with Gasteiger partial charge in [0.2, 0.25) is 0 Å². The monoisotopic (exact) mass is 193 g/mol. The van der Waals surface area contributed by atoms with Gasteiger partial charge in [-0.2, -0.15) is 5.26 Å². The highest BCUT2D eigenvalue weighted by atomic mass is 16.5. The Kier molecular flexibility index (Phi) is 3.08. The van der Waals surface area contributed by atoms with Crippen molar-refractivity contribution in [2.75, 3.05) is 13.2 Å². The Morgan fingerprint density at radius 3 is 2.29 bits per heavy atom. The van der Waals surface area contributed by atoms with Crippen molar-refractivity contribution in [1.82, 2.24) is 0 Å². The molecule has 2 nitrogen and oxygen atoms in total. The Labute approximate surface area is 86.2 Å². The molecular formula is C12H19NO. The van der Waals surface area contributed by atoms with E-state index >= 15 is 0 Å². The molecule has 1 aliphatic heterocycles. The van der Waals surface area contributed by atoms with Crippen LogP contribution < -0.4 is 0 Å². The highest BCUT2D eigenvalue weighted by molar-refractivity contribution is 5.04. The zero-order chi connectivity index (χ0) is 9.86. The van der Waals surface area contributed by atoms with E-state index < -0.39 is 0 Å². The van der Waals surface area contributed by atoms with Crippen LogP contribution in [0, 0.1) is 22.7 Å². The molecule has 0 aromatic heterocycles. The molecule has 1 saturated heterocycles. The van der Waals surface area contributed by atoms with Gasteiger partial charge in [0.1, 0.15) is 0 Å². The number of rotatable bonds is 1. The minimum absolute atomic E-state index is 0.0291. The summed E-state index contributed by atoms with van der Waals surface area (Å²) in [7, 11) is 0. The summed E-state index contributed by atoms with van der Waals surface area (Å²) in [6.45, 7) is 1.59. The van der Waals surface area contributed by atoms with Crippen molar-refractivity contribution in [2.24, 2.45) is 11.3 Å². The molecule has 2 aliphatic rings. The molecule has 0 unspecified atom stereocenters. The third-order valence-electron chi connectivity index (χ3n) is 3.99. The molecule has 0 radical (unpaired) electrons. The summed E-state index contributed by atoms with van der Waals surface area (Å²) < 4.78 is 5.37. The molecule has 0 N–H and O–H groups in total. The molecule has 0 aromatic rings. The lowest BCUT2D eigenvalue weighted by Gasteiger charge is -2.39. The van der Waals surface area contributed by atoms with Crippen molar-refractivity contribution in [3.05, 3.63) is 0 Å². The average Bonchev–Trinajstić information content (AvgIpc) is 2.31. The summed E-state index contributed by atoms with van der Waals surface area (Å²) in [6.07, 6.45) is 8.50. The van der Waals surface area contributed by atoms with Crippen LogP contribution in [0.15, 0.2) is 0 Å². The van der Waals surface area contributed by atoms with Crippen molar-refractivity contribution in [3.63, 3.8) is 0 Å². The fraction of sp³-hybridized carbons (Fsp3) is 0.917. The first-order valence-electron chi connectivity index (χ1n) is 5.86. The SMILES string of the molecule is N#CC1(C2CCCCC2)CCOCC1. The fourth-order valence-electron chi connectivity index (χ4n) is 3.00. The van der Waals surface area contributed by atoms with Gasteiger partial charge >= 0.3 is 0 Å². The van der Waals surface area contributed by atoms with Crippen molar-refractivity contribution in [2.45, 2.75) is 44.9 Å². The van der Waals surface area contributed by atoms with E-state index in [1.807, 2.05) is 0 Å². The average molecular weight is 193 g/mol. The van der Waals surface area contributed by atoms with E-state index in [2.05, 4.69) is 6.07 Å². The van der Waals surface area contributed by atoms with Crippen molar-refractivity contribution in [3.8, 4) is 6.07 Å². The molecule has 2 fully saturated rings. The van der Waals surface area contributed by atoms with Gasteiger partial charge < -0.3 is 4.74 Å². The molecule has 2 rings (SSSR count). The fourth-order valence-corrected chi connectivity index (χ4v) is 3.00. The van der Waals surface area contributed by atoms with Gasteiger partial charge in [0.05, 0.1) is 11.5 Å². The highest BCUT2D eigenvalue weighted by Crippen LogP contribution is 2.44. The van der Waals surface area contributed by atoms with E-state index in [0.717, 1.165) is 26.1 Å². The summed E-state index contributed by atoms with van der Waals surface area (Å²) in [5.41, 5.74) is -0.0291. The number of ether oxygens (including phenoxy) is 1. The third-order valence-corrected chi connectivity index (χ3v) is 3.99. The van der Waals surface area contributed by atoms with Crippen LogP contribution in [0.5, 0.6) is 0 Å². The van der Waals surface area contributed by atoms with E-state index in [0.29, 0.717) is 5.92 Å². The summed E-state index contributed by atoms with van der Waals surface area (Å²) in [5, 5.41) is 9.39. The maximum absolute atomic E-state index is 9.39. The first-order chi connectivity index (χ1) is 6.87. The lowest BCUT2D eigenvalue weighted by molar-refractivity contribution is 0.00392. The Morgan fingerprint density at radius 1 is 1.07 bits per heavy atom. The topological polar surface area (TPSA) is 33.0 Å². The van der Waals surface area contributed by atoms with Gasteiger partial charge in [-0.25, -0.2) is 0 Å². The molecule has 1 aliphatic carbocycles. The lowest BCUT2D eigenvalue weighted by Crippen LogP contribution is -2.36. The van der Waals surface area contributed by atoms with Crippen LogP contribution >= 0.6 is 0 Å². The zero-order valence-electron chi connectivity index (χ0n) is 8.80. The van der Waals surface area contributed by atoms with Gasteiger partial charge in [-0.15, -0.1) is 0 Å². The van der Waals surface area contributed by atoms with Crippen LogP contribution in [0.25, 0.3) is 0 Å². The third kappa shape index (κ3) is 1.79. The second kappa shape index (κ2) is 4.31. The molecular weight excluding hydrogens is 174 g/mol. The smallest absolute Gasteiger partial charge is 0.0694 e. The predicted octanol–water partition coefficient (Wildman–Crippen LogP) is 2.89. The zero-order valence-corrected chi connectivity index (χ0v) is 8.80. The van der Waals surface area contributed by atoms with Crippen molar-refractivity contribution in [1.29, 1.82) is 5.26 Å². The van der Waals surface area contributed by atoms with Crippen LogP contribution in [0.3, 0.4) is 0 Å². The normalized spacial score (nSPS) is 28.2. The van der Waals surface area contributed by atoms with Crippen LogP contribution in [-0.4, -0.2) is 13.2 Å². The second-order valence-electron chi connectivity index (χ2n) is 4.72. The number of hydrogen-bond acceptors (Lipinski definition) is 2. The van der Waals surface area contributed by atoms with Crippen LogP contribution in [0.2, 0.25) is 0 Å². The molecule has 0 atom stereocenters. The summed E-state index contributed by atoms with van der Waals surface area (Å²) in [5.74, 6) is 0.658. The molecule has 0 aromatic carbocycles. The maximum atomic E-state index is 9.39. The van der Waals surface area contributed by atoms with Crippen LogP contribution in [-0.2, 0) is 4.74 Å². The molecule has 1 heterocycles. The molecule has 2 heteroatoms. The Morgan fingerprint density at radius 2 is 1.71 bits per heavy atom. The van der Waals surface area contributed by atoms with Gasteiger partial charge in [0.25, 0.3) is 0 Å². The lowest BCUT2D eigenvalue weighted by atomic mass is 9.65. The van der Waals surface area contributed by atoms with Crippen molar-refractivity contribution >= 4 is 0 Å². The van der Waals surface area contributed by atoms with E-state index in [4.69, 9.17) is 4.74 Å². The number of hydrogen-bond donors (Lipinski definition) is 0. The first-order valence-corrected chi connectivity index (χ1v) is 5.86. The minimum atomic E-state index is -0.0291. The predicted molar refractivity (Wildman–Crippen MR) is 54.7 cm³/mol. The van der Waals surface area contributed by atoms with Gasteiger partial charge in [-0.1, -0.05) is 19.3 Å². The first kappa shape index (κ1) is 9.98. The van der Waals surface area contributed by atoms with Crippen molar-refractivity contribution < 1.29 is 4.74 Å². The van der Waals surface area contributed by atoms with E-state index in [1.54, 1.807) is 0 Å². The quantitative estimate of drug-likeness (QED) is 0.641. The number of nitrogens with zero attached hydrogens (tertiary/aromatic N) is 1. The molecule has 0 amide bonds. The Hall–Kier alpha value is -0.550. The van der Waals surface area contributed by atoms with Gasteiger partial charge in [-0.05, 0) is 31.6 Å². The Balaban J connectivity index is 2.06. The van der Waals surface area contributed by atoms with E-state index in [1.165, 1.54) is 32.1 Å². The van der Waals surface area contributed by atoms with Gasteiger partial charge in [0, 0.05) is 13.2 Å². The van der Waals surface area contributed by atoms with E-state index in [9.17, 15) is 5.26 Å². The van der Waals surface area contributed by atoms with Gasteiger partial charge in [0.15, 0.2) is 0 Å². The molecule has 78 valence electrons. The maximum Gasteiger partial charge on any atom is 0.0694 e. The molecule has 0 spiro atoms. The summed E-state index contributed by atoms with van der Waals surface area (Å²) in [4.78, 5) is 0. The molecule has 0 bridgehead atoms. The highest BCUT2D eigenvalue weighted by Gasteiger charge is 2.40. The summed E-state index contributed by atoms with van der Waals surface area (Å²) >= 11 is 0. The van der Waals surface area contributed by atoms with Crippen LogP contribution in [0.1, 0.15) is 44.9 Å². The second-order valence-corrected chi connectivity index (χ2v) is 4.72. The van der Waals surface area contributed by atoms with E-state index in [-0.39, 0.29) is 5.41 Å². The standard InChI is InChI=1S/C12H19NO/c13-10-12(6-8-14-9-7-12)11-4-2-1-3-5-11/h11H,1-9H2. The minimum Gasteiger partial charge on any atom is -0.381 e. The summed E-state index contributed by atoms with van der Waals surface area (Å²) in [6, 6.07) is 2.61. The molecule has 14 heavy (non-hydrogen) atoms. The largest absolute Gasteiger partial charge is 0.381 e. The van der Waals surface area contributed by atoms with Crippen LogP contribution in [0.4, 0.5) is 0 Å². The molecule has 1 saturated carbocycles.